The lowest BCUT2D eigenvalue weighted by atomic mass is 9.97. The average Bonchev–Trinajstić information content (AvgIpc) is 2.77. The number of hydrogen-bond donors (Lipinski definition) is 1. The minimum absolute atomic E-state index is 0.261. The number of aliphatic hydroxyl groups is 1. The fourth-order valence-electron chi connectivity index (χ4n) is 3.43. The number of thioether (sulfide) groups is 1. The van der Waals surface area contributed by atoms with E-state index < -0.39 is 36.1 Å². The van der Waals surface area contributed by atoms with Crippen LogP contribution in [0.1, 0.15) is 11.9 Å². The summed E-state index contributed by atoms with van der Waals surface area (Å²) in [5.74, 6) is 0.728. The van der Waals surface area contributed by atoms with Crippen molar-refractivity contribution in [2.24, 2.45) is 5.11 Å². The Morgan fingerprint density at radius 2 is 1.90 bits per heavy atom. The molecule has 0 aliphatic carbocycles. The summed E-state index contributed by atoms with van der Waals surface area (Å²) in [5.41, 5.74) is 9.25. The van der Waals surface area contributed by atoms with Gasteiger partial charge < -0.3 is 24.1 Å². The second-order valence-electron chi connectivity index (χ2n) is 6.70. The molecule has 0 aromatic heterocycles. The van der Waals surface area contributed by atoms with E-state index in [0.717, 1.165) is 16.2 Å². The molecule has 0 amide bonds. The maximum atomic E-state index is 10.8. The maximum Gasteiger partial charge on any atom is 0.184 e. The van der Waals surface area contributed by atoms with Gasteiger partial charge in [0.1, 0.15) is 29.5 Å². The zero-order chi connectivity index (χ0) is 20.2. The lowest BCUT2D eigenvalue weighted by Crippen LogP contribution is -2.60. The first-order valence-corrected chi connectivity index (χ1v) is 10.1. The lowest BCUT2D eigenvalue weighted by molar-refractivity contribution is -0.297. The molecule has 2 fully saturated rings. The maximum absolute atomic E-state index is 10.8. The molecule has 1 N–H and O–H groups in total. The van der Waals surface area contributed by atoms with Gasteiger partial charge in [0.2, 0.25) is 0 Å². The summed E-state index contributed by atoms with van der Waals surface area (Å²) >= 11 is 1.38. The van der Waals surface area contributed by atoms with Gasteiger partial charge in [-0.3, -0.25) is 0 Å². The number of hydrogen-bond acceptors (Lipinski definition) is 7. The highest BCUT2D eigenvalue weighted by Crippen LogP contribution is 2.40. The van der Waals surface area contributed by atoms with Crippen molar-refractivity contribution >= 4 is 11.8 Å². The second kappa shape index (κ2) is 9.04. The third kappa shape index (κ3) is 4.35. The third-order valence-electron chi connectivity index (χ3n) is 4.90. The van der Waals surface area contributed by atoms with Gasteiger partial charge in [-0.25, -0.2) is 0 Å². The van der Waals surface area contributed by atoms with Crippen molar-refractivity contribution in [3.63, 3.8) is 0 Å². The molecule has 0 radical (unpaired) electrons. The Kier molecular flexibility index (Phi) is 6.25. The van der Waals surface area contributed by atoms with Crippen molar-refractivity contribution in [3.8, 4) is 5.75 Å². The summed E-state index contributed by atoms with van der Waals surface area (Å²) in [7, 11) is 1.60. The van der Waals surface area contributed by atoms with Gasteiger partial charge in [-0.05, 0) is 29.8 Å². The normalized spacial score (nSPS) is 31.4. The van der Waals surface area contributed by atoms with Crippen LogP contribution in [-0.2, 0) is 14.2 Å². The van der Waals surface area contributed by atoms with Crippen LogP contribution < -0.4 is 4.74 Å². The zero-order valence-corrected chi connectivity index (χ0v) is 16.5. The van der Waals surface area contributed by atoms with Gasteiger partial charge in [0.15, 0.2) is 6.29 Å². The molecule has 8 nitrogen and oxygen atoms in total. The second-order valence-corrected chi connectivity index (χ2v) is 7.87. The fraction of sp³-hybridized carbons (Fsp3) is 0.400. The van der Waals surface area contributed by atoms with E-state index in [1.807, 2.05) is 54.6 Å². The molecule has 2 aliphatic heterocycles. The Morgan fingerprint density at radius 1 is 1.14 bits per heavy atom. The summed E-state index contributed by atoms with van der Waals surface area (Å²) in [6, 6.07) is 16.2. The van der Waals surface area contributed by atoms with Crippen LogP contribution in [0.5, 0.6) is 5.75 Å². The Morgan fingerprint density at radius 3 is 2.59 bits per heavy atom. The van der Waals surface area contributed by atoms with E-state index in [0.29, 0.717) is 0 Å². The van der Waals surface area contributed by atoms with Gasteiger partial charge in [0, 0.05) is 15.4 Å². The summed E-state index contributed by atoms with van der Waals surface area (Å²) in [5, 5.41) is 14.7. The number of fused-ring (bicyclic) bond motifs is 1. The van der Waals surface area contributed by atoms with E-state index >= 15 is 0 Å². The number of benzene rings is 2. The van der Waals surface area contributed by atoms with Gasteiger partial charge in [0.25, 0.3) is 0 Å². The van der Waals surface area contributed by atoms with Crippen molar-refractivity contribution in [2.75, 3.05) is 13.7 Å². The smallest absolute Gasteiger partial charge is 0.184 e. The number of azide groups is 1. The molecule has 0 unspecified atom stereocenters. The molecule has 2 aromatic carbocycles. The monoisotopic (exact) mass is 415 g/mol. The fourth-order valence-corrected chi connectivity index (χ4v) is 4.51. The van der Waals surface area contributed by atoms with Crippen LogP contribution in [0.4, 0.5) is 0 Å². The number of aliphatic hydroxyl groups excluding tert-OH is 1. The summed E-state index contributed by atoms with van der Waals surface area (Å²) in [6.45, 7) is 0.261. The van der Waals surface area contributed by atoms with Crippen molar-refractivity contribution in [1.82, 2.24) is 0 Å². The topological polar surface area (TPSA) is 106 Å². The molecule has 2 aliphatic rings. The first-order chi connectivity index (χ1) is 14.2. The standard InChI is InChI=1S/C20H21N3O5S/c1-25-13-9-7-12(8-10-13)19-26-11-15-18(28-19)16(22-23-21)17(24)20(27-15)29-14-5-3-2-4-6-14/h2-10,15-20,24H,11H2,1H3/t15-,16-,17-,18+,19+,20+/m1/s1. The molecule has 2 heterocycles. The molecular weight excluding hydrogens is 394 g/mol. The van der Waals surface area contributed by atoms with Crippen molar-refractivity contribution in [1.29, 1.82) is 0 Å². The van der Waals surface area contributed by atoms with Gasteiger partial charge in [-0.15, -0.1) is 0 Å². The highest BCUT2D eigenvalue weighted by molar-refractivity contribution is 7.99. The van der Waals surface area contributed by atoms with E-state index in [1.54, 1.807) is 7.11 Å². The minimum Gasteiger partial charge on any atom is -0.497 e. The van der Waals surface area contributed by atoms with Crippen LogP contribution >= 0.6 is 11.8 Å². The Bertz CT molecular complexity index is 862. The molecule has 2 saturated heterocycles. The molecule has 9 heteroatoms. The number of rotatable bonds is 5. The van der Waals surface area contributed by atoms with Gasteiger partial charge in [0.05, 0.1) is 19.8 Å². The van der Waals surface area contributed by atoms with Crippen LogP contribution in [0.25, 0.3) is 10.4 Å². The third-order valence-corrected chi connectivity index (χ3v) is 6.07. The number of methoxy groups -OCH3 is 1. The van der Waals surface area contributed by atoms with Crippen molar-refractivity contribution in [3.05, 3.63) is 70.6 Å². The molecule has 6 atom stereocenters. The Hall–Kier alpha value is -2.26. The highest BCUT2D eigenvalue weighted by atomic mass is 32.2. The van der Waals surface area contributed by atoms with Crippen LogP contribution in [0.15, 0.2) is 64.6 Å². The number of nitrogens with zero attached hydrogens (tertiary/aromatic N) is 3. The zero-order valence-electron chi connectivity index (χ0n) is 15.7. The SMILES string of the molecule is COc1ccc([C@H]2OC[C@H]3O[C@@H](Sc4ccccc4)[C@H](O)[C@@H](N=[N+]=[N-])[C@H]3O2)cc1. The highest BCUT2D eigenvalue weighted by Gasteiger charge is 2.49. The van der Waals surface area contributed by atoms with E-state index in [2.05, 4.69) is 10.0 Å². The molecule has 0 bridgehead atoms. The average molecular weight is 415 g/mol. The number of ether oxygens (including phenoxy) is 4. The largest absolute Gasteiger partial charge is 0.497 e. The minimum atomic E-state index is -1.02. The first kappa shape index (κ1) is 20.0. The molecule has 2 aromatic rings. The molecule has 4 rings (SSSR count). The first-order valence-electron chi connectivity index (χ1n) is 9.20. The van der Waals surface area contributed by atoms with Crippen LogP contribution in [0.3, 0.4) is 0 Å². The van der Waals surface area contributed by atoms with E-state index in [-0.39, 0.29) is 6.61 Å². The summed E-state index contributed by atoms with van der Waals surface area (Å²) in [6.07, 6.45) is -2.74. The van der Waals surface area contributed by atoms with Crippen LogP contribution in [0.2, 0.25) is 0 Å². The van der Waals surface area contributed by atoms with E-state index in [9.17, 15) is 5.11 Å². The van der Waals surface area contributed by atoms with Crippen LogP contribution in [-0.4, -0.2) is 48.6 Å². The predicted octanol–water partition coefficient (Wildman–Crippen LogP) is 3.67. The quantitative estimate of drug-likeness (QED) is 0.454. The molecule has 152 valence electrons. The Balaban J connectivity index is 1.52. The summed E-state index contributed by atoms with van der Waals surface area (Å²) < 4.78 is 23.2. The predicted molar refractivity (Wildman–Crippen MR) is 106 cm³/mol. The van der Waals surface area contributed by atoms with Gasteiger partial charge in [-0.2, -0.15) is 0 Å². The van der Waals surface area contributed by atoms with E-state index in [4.69, 9.17) is 24.5 Å². The van der Waals surface area contributed by atoms with Gasteiger partial charge >= 0.3 is 0 Å². The van der Waals surface area contributed by atoms with Crippen molar-refractivity contribution in [2.45, 2.75) is 41.0 Å². The van der Waals surface area contributed by atoms with E-state index in [1.165, 1.54) is 11.8 Å². The molecule has 29 heavy (non-hydrogen) atoms. The molecule has 0 saturated carbocycles. The lowest BCUT2D eigenvalue weighted by Gasteiger charge is -2.46. The molecule has 0 spiro atoms. The summed E-state index contributed by atoms with van der Waals surface area (Å²) in [4.78, 5) is 3.87. The van der Waals surface area contributed by atoms with Gasteiger partial charge in [-0.1, -0.05) is 47.2 Å². The Labute approximate surface area is 172 Å². The van der Waals surface area contributed by atoms with Crippen LogP contribution in [0, 0.1) is 0 Å². The molecular formula is C20H21N3O5S. The van der Waals surface area contributed by atoms with Crippen molar-refractivity contribution < 1.29 is 24.1 Å².